The number of hydrogen-bond acceptors (Lipinski definition) is 7. The first-order valence-electron chi connectivity index (χ1n) is 9.88. The highest BCUT2D eigenvalue weighted by Crippen LogP contribution is 2.21. The predicted molar refractivity (Wildman–Crippen MR) is 107 cm³/mol. The van der Waals surface area contributed by atoms with Gasteiger partial charge in [-0.15, -0.1) is 0 Å². The number of aromatic nitrogens is 2. The first kappa shape index (κ1) is 22.4. The number of alkyl halides is 2. The van der Waals surface area contributed by atoms with Crippen LogP contribution in [0, 0.1) is 5.92 Å². The number of esters is 1. The zero-order valence-corrected chi connectivity index (χ0v) is 17.1. The topological polar surface area (TPSA) is 84.9 Å². The smallest absolute Gasteiger partial charge is 0.387 e. The molecule has 1 fully saturated rings. The summed E-state index contributed by atoms with van der Waals surface area (Å²) in [5.41, 5.74) is 0.735. The van der Waals surface area contributed by atoms with Crippen molar-refractivity contribution in [3.63, 3.8) is 0 Å². The summed E-state index contributed by atoms with van der Waals surface area (Å²) in [7, 11) is 1.58. The Morgan fingerprint density at radius 1 is 1.16 bits per heavy atom. The average molecular weight is 434 g/mol. The molecule has 1 aromatic heterocycles. The number of rotatable bonds is 8. The summed E-state index contributed by atoms with van der Waals surface area (Å²) in [5.74, 6) is -0.313. The lowest BCUT2D eigenvalue weighted by atomic mass is 9.97. The number of carbonyl (C=O) groups is 2. The third-order valence-electron chi connectivity index (χ3n) is 5.00. The van der Waals surface area contributed by atoms with Crippen LogP contribution in [-0.4, -0.2) is 60.1 Å². The van der Waals surface area contributed by atoms with Crippen molar-refractivity contribution in [2.24, 2.45) is 5.92 Å². The molecule has 0 N–H and O–H groups in total. The fourth-order valence-electron chi connectivity index (χ4n) is 3.27. The first-order valence-corrected chi connectivity index (χ1v) is 9.88. The molecule has 1 saturated heterocycles. The van der Waals surface area contributed by atoms with Crippen molar-refractivity contribution in [1.82, 2.24) is 14.9 Å². The molecule has 2 heterocycles. The first-order chi connectivity index (χ1) is 14.9. The molecule has 2 aromatic rings. The molecule has 0 spiro atoms. The SMILES string of the molecule is CN(Cc1ccc(OC(F)F)cc1)C(=O)COC(=O)C1CCN(c2ncccn2)CC1. The largest absolute Gasteiger partial charge is 0.455 e. The van der Waals surface area contributed by atoms with Gasteiger partial charge in [-0.1, -0.05) is 12.1 Å². The van der Waals surface area contributed by atoms with Gasteiger partial charge in [0, 0.05) is 39.1 Å². The number of halogens is 2. The van der Waals surface area contributed by atoms with E-state index in [1.165, 1.54) is 17.0 Å². The maximum absolute atomic E-state index is 12.3. The number of anilines is 1. The highest BCUT2D eigenvalue weighted by atomic mass is 19.3. The number of carbonyl (C=O) groups excluding carboxylic acids is 2. The summed E-state index contributed by atoms with van der Waals surface area (Å²) >= 11 is 0. The van der Waals surface area contributed by atoms with Crippen LogP contribution in [0.3, 0.4) is 0 Å². The molecule has 8 nitrogen and oxygen atoms in total. The minimum atomic E-state index is -2.89. The molecule has 0 bridgehead atoms. The summed E-state index contributed by atoms with van der Waals surface area (Å²) in [4.78, 5) is 36.5. The Kier molecular flexibility index (Phi) is 7.69. The Hall–Kier alpha value is -3.30. The van der Waals surface area contributed by atoms with Crippen molar-refractivity contribution in [1.29, 1.82) is 0 Å². The van der Waals surface area contributed by atoms with E-state index in [-0.39, 0.29) is 36.7 Å². The summed E-state index contributed by atoms with van der Waals surface area (Å²) in [6.07, 6.45) is 4.56. The lowest BCUT2D eigenvalue weighted by molar-refractivity contribution is -0.155. The highest BCUT2D eigenvalue weighted by molar-refractivity contribution is 5.81. The van der Waals surface area contributed by atoms with E-state index in [0.29, 0.717) is 31.9 Å². The quantitative estimate of drug-likeness (QED) is 0.590. The van der Waals surface area contributed by atoms with Crippen LogP contribution in [-0.2, 0) is 20.9 Å². The molecule has 0 unspecified atom stereocenters. The molecule has 1 aliphatic heterocycles. The van der Waals surface area contributed by atoms with Crippen molar-refractivity contribution in [2.75, 3.05) is 31.6 Å². The number of hydrogen-bond donors (Lipinski definition) is 0. The van der Waals surface area contributed by atoms with E-state index in [2.05, 4.69) is 14.7 Å². The van der Waals surface area contributed by atoms with Crippen molar-refractivity contribution >= 4 is 17.8 Å². The van der Waals surface area contributed by atoms with Gasteiger partial charge in [-0.2, -0.15) is 8.78 Å². The van der Waals surface area contributed by atoms with Gasteiger partial charge in [0.25, 0.3) is 5.91 Å². The van der Waals surface area contributed by atoms with E-state index in [1.807, 2.05) is 4.90 Å². The molecule has 0 aliphatic carbocycles. The zero-order valence-electron chi connectivity index (χ0n) is 17.1. The van der Waals surface area contributed by atoms with Gasteiger partial charge in [-0.05, 0) is 36.6 Å². The van der Waals surface area contributed by atoms with Crippen LogP contribution < -0.4 is 9.64 Å². The third-order valence-corrected chi connectivity index (χ3v) is 5.00. The maximum atomic E-state index is 12.3. The van der Waals surface area contributed by atoms with Crippen molar-refractivity contribution in [3.05, 3.63) is 48.3 Å². The Bertz CT molecular complexity index is 859. The predicted octanol–water partition coefficient (Wildman–Crippen LogP) is 2.50. The lowest BCUT2D eigenvalue weighted by Crippen LogP contribution is -2.38. The molecule has 1 aliphatic rings. The molecule has 1 aromatic carbocycles. The van der Waals surface area contributed by atoms with Crippen LogP contribution in [0.25, 0.3) is 0 Å². The van der Waals surface area contributed by atoms with E-state index < -0.39 is 6.61 Å². The molecule has 0 atom stereocenters. The van der Waals surface area contributed by atoms with Crippen LogP contribution in [0.4, 0.5) is 14.7 Å². The number of ether oxygens (including phenoxy) is 2. The Labute approximate surface area is 178 Å². The number of likely N-dealkylation sites (N-methyl/N-ethyl adjacent to an activating group) is 1. The van der Waals surface area contributed by atoms with Crippen molar-refractivity contribution < 1.29 is 27.8 Å². The summed E-state index contributed by atoms with van der Waals surface area (Å²) in [5, 5.41) is 0. The second-order valence-corrected chi connectivity index (χ2v) is 7.19. The maximum Gasteiger partial charge on any atom is 0.387 e. The Morgan fingerprint density at radius 3 is 2.42 bits per heavy atom. The summed E-state index contributed by atoms with van der Waals surface area (Å²) in [6, 6.07) is 7.76. The standard InChI is InChI=1S/C21H24F2N4O4/c1-26(13-15-3-5-17(6-4-15)31-20(22)23)18(28)14-30-19(29)16-7-11-27(12-8-16)21-24-9-2-10-25-21/h2-6,9-10,16,20H,7-8,11-14H2,1H3. The van der Waals surface area contributed by atoms with Crippen LogP contribution in [0.1, 0.15) is 18.4 Å². The van der Waals surface area contributed by atoms with E-state index in [4.69, 9.17) is 4.74 Å². The van der Waals surface area contributed by atoms with Gasteiger partial charge in [0.15, 0.2) is 6.61 Å². The van der Waals surface area contributed by atoms with Crippen LogP contribution >= 0.6 is 0 Å². The minimum Gasteiger partial charge on any atom is -0.455 e. The van der Waals surface area contributed by atoms with Gasteiger partial charge in [-0.3, -0.25) is 9.59 Å². The number of benzene rings is 1. The summed E-state index contributed by atoms with van der Waals surface area (Å²) < 4.78 is 33.9. The highest BCUT2D eigenvalue weighted by Gasteiger charge is 2.28. The molecule has 3 rings (SSSR count). The van der Waals surface area contributed by atoms with Gasteiger partial charge in [-0.25, -0.2) is 9.97 Å². The van der Waals surface area contributed by atoms with Crippen molar-refractivity contribution in [3.8, 4) is 5.75 Å². The molecule has 0 saturated carbocycles. The fraction of sp³-hybridized carbons (Fsp3) is 0.429. The number of amides is 1. The van der Waals surface area contributed by atoms with Crippen LogP contribution in [0.2, 0.25) is 0 Å². The average Bonchev–Trinajstić information content (AvgIpc) is 2.79. The molecule has 1 amide bonds. The number of piperidine rings is 1. The van der Waals surface area contributed by atoms with Crippen LogP contribution in [0.5, 0.6) is 5.75 Å². The molecule has 166 valence electrons. The van der Waals surface area contributed by atoms with E-state index >= 15 is 0 Å². The second-order valence-electron chi connectivity index (χ2n) is 7.19. The second kappa shape index (κ2) is 10.6. The summed E-state index contributed by atoms with van der Waals surface area (Å²) in [6.45, 7) is -1.69. The minimum absolute atomic E-state index is 0.0477. The molecular weight excluding hydrogens is 410 g/mol. The zero-order chi connectivity index (χ0) is 22.2. The molecule has 10 heteroatoms. The van der Waals surface area contributed by atoms with Crippen molar-refractivity contribution in [2.45, 2.75) is 26.0 Å². The Morgan fingerprint density at radius 2 is 1.81 bits per heavy atom. The van der Waals surface area contributed by atoms with Gasteiger partial charge in [0.1, 0.15) is 5.75 Å². The van der Waals surface area contributed by atoms with Gasteiger partial charge < -0.3 is 19.3 Å². The monoisotopic (exact) mass is 434 g/mol. The molecule has 0 radical (unpaired) electrons. The molecular formula is C21H24F2N4O4. The molecule has 31 heavy (non-hydrogen) atoms. The van der Waals surface area contributed by atoms with Gasteiger partial charge in [0.05, 0.1) is 5.92 Å². The normalized spacial score (nSPS) is 14.4. The fourth-order valence-corrected chi connectivity index (χ4v) is 3.27. The van der Waals surface area contributed by atoms with Crippen LogP contribution in [0.15, 0.2) is 42.7 Å². The number of nitrogens with zero attached hydrogens (tertiary/aromatic N) is 4. The van der Waals surface area contributed by atoms with E-state index in [1.54, 1.807) is 37.6 Å². The van der Waals surface area contributed by atoms with E-state index in [0.717, 1.165) is 5.56 Å². The Balaban J connectivity index is 1.40. The third kappa shape index (κ3) is 6.59. The van der Waals surface area contributed by atoms with E-state index in [9.17, 15) is 18.4 Å². The lowest BCUT2D eigenvalue weighted by Gasteiger charge is -2.30. The van der Waals surface area contributed by atoms with Gasteiger partial charge in [0.2, 0.25) is 5.95 Å². The van der Waals surface area contributed by atoms with Gasteiger partial charge >= 0.3 is 12.6 Å².